The van der Waals surface area contributed by atoms with Crippen LogP contribution in [0, 0.1) is 5.92 Å². The Kier molecular flexibility index (Phi) is 4.52. The van der Waals surface area contributed by atoms with Crippen molar-refractivity contribution in [3.05, 3.63) is 23.4 Å². The van der Waals surface area contributed by atoms with E-state index in [1.807, 2.05) is 11.8 Å². The smallest absolute Gasteiger partial charge is 0.356 e. The van der Waals surface area contributed by atoms with Crippen molar-refractivity contribution < 1.29 is 13.2 Å². The molecule has 1 fully saturated rings. The average Bonchev–Trinajstić information content (AvgIpc) is 3.20. The maximum absolute atomic E-state index is 12.8. The zero-order chi connectivity index (χ0) is 14.8. The third-order valence-electron chi connectivity index (χ3n) is 3.43. The highest BCUT2D eigenvalue weighted by atomic mass is 19.4. The first-order chi connectivity index (χ1) is 9.45. The Labute approximate surface area is 117 Å². The van der Waals surface area contributed by atoms with E-state index in [0.717, 1.165) is 31.9 Å². The number of pyridine rings is 1. The van der Waals surface area contributed by atoms with Crippen LogP contribution in [0.4, 0.5) is 19.0 Å². The Balaban J connectivity index is 2.33. The van der Waals surface area contributed by atoms with Crippen LogP contribution in [0.5, 0.6) is 0 Å². The third kappa shape index (κ3) is 3.62. The summed E-state index contributed by atoms with van der Waals surface area (Å²) in [6.45, 7) is 3.69. The summed E-state index contributed by atoms with van der Waals surface area (Å²) in [6.07, 6.45) is -1.25. The maximum Gasteiger partial charge on any atom is 0.433 e. The van der Waals surface area contributed by atoms with Gasteiger partial charge in [-0.2, -0.15) is 13.2 Å². The molecule has 2 rings (SSSR count). The second-order valence-electron chi connectivity index (χ2n) is 5.27. The summed E-state index contributed by atoms with van der Waals surface area (Å²) >= 11 is 0. The van der Waals surface area contributed by atoms with Crippen LogP contribution in [0.3, 0.4) is 0 Å². The summed E-state index contributed by atoms with van der Waals surface area (Å²) in [5.41, 5.74) is 5.47. The van der Waals surface area contributed by atoms with Crippen molar-refractivity contribution in [2.24, 2.45) is 11.7 Å². The van der Waals surface area contributed by atoms with Gasteiger partial charge in [0.1, 0.15) is 11.5 Å². The molecule has 0 radical (unpaired) electrons. The van der Waals surface area contributed by atoms with Crippen LogP contribution in [-0.2, 0) is 12.7 Å². The molecule has 0 bridgehead atoms. The van der Waals surface area contributed by atoms with Gasteiger partial charge in [-0.05, 0) is 31.2 Å². The van der Waals surface area contributed by atoms with E-state index in [9.17, 15) is 13.2 Å². The standard InChI is InChI=1S/C14H20F3N3/c1-2-7-20(9-10-3-4-10)13-11(8-18)5-6-12(19-13)14(15,16)17/h5-6,10H,2-4,7-9,18H2,1H3. The predicted molar refractivity (Wildman–Crippen MR) is 72.4 cm³/mol. The van der Waals surface area contributed by atoms with Crippen molar-refractivity contribution in [1.29, 1.82) is 0 Å². The van der Waals surface area contributed by atoms with Gasteiger partial charge in [-0.25, -0.2) is 4.98 Å². The van der Waals surface area contributed by atoms with Crippen molar-refractivity contribution in [3.63, 3.8) is 0 Å². The van der Waals surface area contributed by atoms with Gasteiger partial charge in [-0.1, -0.05) is 13.0 Å². The number of hydrogen-bond acceptors (Lipinski definition) is 3. The zero-order valence-corrected chi connectivity index (χ0v) is 11.6. The molecule has 0 amide bonds. The van der Waals surface area contributed by atoms with Gasteiger partial charge in [-0.3, -0.25) is 0 Å². The largest absolute Gasteiger partial charge is 0.433 e. The molecule has 0 aromatic carbocycles. The van der Waals surface area contributed by atoms with E-state index in [2.05, 4.69) is 4.98 Å². The lowest BCUT2D eigenvalue weighted by molar-refractivity contribution is -0.141. The molecule has 1 aromatic heterocycles. The van der Waals surface area contributed by atoms with Gasteiger partial charge in [0.15, 0.2) is 0 Å². The zero-order valence-electron chi connectivity index (χ0n) is 11.6. The fourth-order valence-corrected chi connectivity index (χ4v) is 2.23. The Morgan fingerprint density at radius 3 is 2.55 bits per heavy atom. The molecule has 1 aliphatic rings. The van der Waals surface area contributed by atoms with E-state index >= 15 is 0 Å². The van der Waals surface area contributed by atoms with E-state index in [0.29, 0.717) is 23.8 Å². The van der Waals surface area contributed by atoms with Gasteiger partial charge < -0.3 is 10.6 Å². The number of rotatable bonds is 6. The Morgan fingerprint density at radius 2 is 2.05 bits per heavy atom. The molecular weight excluding hydrogens is 267 g/mol. The summed E-state index contributed by atoms with van der Waals surface area (Å²) in [6, 6.07) is 2.45. The van der Waals surface area contributed by atoms with Gasteiger partial charge in [-0.15, -0.1) is 0 Å². The number of halogens is 3. The number of alkyl halides is 3. The minimum absolute atomic E-state index is 0.200. The summed E-state index contributed by atoms with van der Waals surface area (Å²) < 4.78 is 38.4. The van der Waals surface area contributed by atoms with E-state index in [4.69, 9.17) is 5.73 Å². The number of nitrogens with two attached hydrogens (primary N) is 1. The normalized spacial score (nSPS) is 15.4. The second-order valence-corrected chi connectivity index (χ2v) is 5.27. The lowest BCUT2D eigenvalue weighted by atomic mass is 10.2. The molecule has 0 unspecified atom stereocenters. The molecule has 3 nitrogen and oxygen atoms in total. The molecule has 0 atom stereocenters. The first-order valence-electron chi connectivity index (χ1n) is 6.97. The van der Waals surface area contributed by atoms with Gasteiger partial charge >= 0.3 is 6.18 Å². The first kappa shape index (κ1) is 15.1. The molecule has 0 saturated heterocycles. The number of hydrogen-bond donors (Lipinski definition) is 1. The average molecular weight is 287 g/mol. The molecule has 1 saturated carbocycles. The van der Waals surface area contributed by atoms with Gasteiger partial charge in [0.2, 0.25) is 0 Å². The molecule has 112 valence electrons. The van der Waals surface area contributed by atoms with Crippen LogP contribution < -0.4 is 10.6 Å². The van der Waals surface area contributed by atoms with Gasteiger partial charge in [0, 0.05) is 25.2 Å². The molecule has 1 aliphatic carbocycles. The summed E-state index contributed by atoms with van der Waals surface area (Å²) in [5.74, 6) is 0.986. The van der Waals surface area contributed by atoms with Crippen LogP contribution >= 0.6 is 0 Å². The van der Waals surface area contributed by atoms with Gasteiger partial charge in [0.25, 0.3) is 0 Å². The summed E-state index contributed by atoms with van der Waals surface area (Å²) in [5, 5.41) is 0. The topological polar surface area (TPSA) is 42.2 Å². The molecule has 1 heterocycles. The first-order valence-corrected chi connectivity index (χ1v) is 6.97. The number of nitrogens with zero attached hydrogens (tertiary/aromatic N) is 2. The van der Waals surface area contributed by atoms with Crippen molar-refractivity contribution in [2.45, 2.75) is 38.9 Å². The minimum atomic E-state index is -4.42. The second kappa shape index (κ2) is 5.99. The summed E-state index contributed by atoms with van der Waals surface area (Å²) in [4.78, 5) is 5.79. The monoisotopic (exact) mass is 287 g/mol. The highest BCUT2D eigenvalue weighted by Crippen LogP contribution is 2.34. The molecular formula is C14H20F3N3. The Hall–Kier alpha value is -1.30. The maximum atomic E-state index is 12.8. The van der Waals surface area contributed by atoms with Crippen LogP contribution in [0.15, 0.2) is 12.1 Å². The highest BCUT2D eigenvalue weighted by molar-refractivity contribution is 5.48. The number of aromatic nitrogens is 1. The Morgan fingerprint density at radius 1 is 1.35 bits per heavy atom. The molecule has 2 N–H and O–H groups in total. The quantitative estimate of drug-likeness (QED) is 0.873. The van der Waals surface area contributed by atoms with Gasteiger partial charge in [0.05, 0.1) is 0 Å². The van der Waals surface area contributed by atoms with Crippen LogP contribution in [0.2, 0.25) is 0 Å². The van der Waals surface area contributed by atoms with E-state index in [1.165, 1.54) is 6.07 Å². The van der Waals surface area contributed by atoms with Crippen molar-refractivity contribution in [2.75, 3.05) is 18.0 Å². The molecule has 20 heavy (non-hydrogen) atoms. The Bertz CT molecular complexity index is 455. The molecule has 1 aromatic rings. The van der Waals surface area contributed by atoms with E-state index in [-0.39, 0.29) is 6.54 Å². The van der Waals surface area contributed by atoms with E-state index in [1.54, 1.807) is 0 Å². The fraction of sp³-hybridized carbons (Fsp3) is 0.643. The SMILES string of the molecule is CCCN(CC1CC1)c1nc(C(F)(F)F)ccc1CN. The fourth-order valence-electron chi connectivity index (χ4n) is 2.23. The van der Waals surface area contributed by atoms with Crippen molar-refractivity contribution >= 4 is 5.82 Å². The highest BCUT2D eigenvalue weighted by Gasteiger charge is 2.34. The minimum Gasteiger partial charge on any atom is -0.356 e. The summed E-state index contributed by atoms with van der Waals surface area (Å²) in [7, 11) is 0. The van der Waals surface area contributed by atoms with Crippen LogP contribution in [0.1, 0.15) is 37.4 Å². The van der Waals surface area contributed by atoms with Crippen molar-refractivity contribution in [1.82, 2.24) is 4.98 Å². The van der Waals surface area contributed by atoms with Crippen molar-refractivity contribution in [3.8, 4) is 0 Å². The molecule has 0 aliphatic heterocycles. The lowest BCUT2D eigenvalue weighted by Crippen LogP contribution is -2.29. The number of anilines is 1. The van der Waals surface area contributed by atoms with Crippen LogP contribution in [-0.4, -0.2) is 18.1 Å². The lowest BCUT2D eigenvalue weighted by Gasteiger charge is -2.26. The third-order valence-corrected chi connectivity index (χ3v) is 3.43. The molecule has 6 heteroatoms. The van der Waals surface area contributed by atoms with Crippen LogP contribution in [0.25, 0.3) is 0 Å². The predicted octanol–water partition coefficient (Wildman–Crippen LogP) is 3.19. The van der Waals surface area contributed by atoms with E-state index < -0.39 is 11.9 Å². The molecule has 0 spiro atoms.